The van der Waals surface area contributed by atoms with Crippen LogP contribution in [0.15, 0.2) is 54.6 Å². The summed E-state index contributed by atoms with van der Waals surface area (Å²) in [4.78, 5) is 14.0. The van der Waals surface area contributed by atoms with Crippen LogP contribution in [-0.2, 0) is 11.3 Å². The quantitative estimate of drug-likeness (QED) is 0.889. The number of hydrogen-bond donors (Lipinski definition) is 1. The smallest absolute Gasteiger partial charge is 0.234 e. The van der Waals surface area contributed by atoms with Crippen molar-refractivity contribution in [3.63, 3.8) is 0 Å². The second-order valence-electron chi connectivity index (χ2n) is 5.50. The summed E-state index contributed by atoms with van der Waals surface area (Å²) in [6.07, 6.45) is 0. The minimum absolute atomic E-state index is 0.0204. The van der Waals surface area contributed by atoms with E-state index in [-0.39, 0.29) is 17.8 Å². The van der Waals surface area contributed by atoms with Crippen molar-refractivity contribution in [2.45, 2.75) is 19.5 Å². The fraction of sp³-hybridized carbons (Fsp3) is 0.278. The predicted octanol–water partition coefficient (Wildman–Crippen LogP) is 3.13. The summed E-state index contributed by atoms with van der Waals surface area (Å²) in [5.74, 6) is -0.276. The molecule has 1 unspecified atom stereocenters. The first-order chi connectivity index (χ1) is 10.5. The van der Waals surface area contributed by atoms with Crippen molar-refractivity contribution in [2.75, 3.05) is 13.6 Å². The van der Waals surface area contributed by atoms with Gasteiger partial charge in [0.05, 0.1) is 12.6 Å². The maximum Gasteiger partial charge on any atom is 0.234 e. The summed E-state index contributed by atoms with van der Waals surface area (Å²) in [6, 6.07) is 16.2. The van der Waals surface area contributed by atoms with Crippen LogP contribution in [0.25, 0.3) is 0 Å². The molecular formula is C18H21FN2O. The van der Waals surface area contributed by atoms with Crippen molar-refractivity contribution in [1.29, 1.82) is 0 Å². The number of carbonyl (C=O) groups excluding carboxylic acids is 1. The van der Waals surface area contributed by atoms with Crippen molar-refractivity contribution < 1.29 is 9.18 Å². The monoisotopic (exact) mass is 300 g/mol. The largest absolute Gasteiger partial charge is 0.348 e. The number of rotatable bonds is 6. The Morgan fingerprint density at radius 3 is 2.41 bits per heavy atom. The van der Waals surface area contributed by atoms with E-state index in [1.54, 1.807) is 12.1 Å². The number of amides is 1. The molecule has 0 aliphatic rings. The summed E-state index contributed by atoms with van der Waals surface area (Å²) in [5.41, 5.74) is 2.06. The van der Waals surface area contributed by atoms with Crippen LogP contribution < -0.4 is 5.32 Å². The molecule has 22 heavy (non-hydrogen) atoms. The zero-order chi connectivity index (χ0) is 15.9. The highest BCUT2D eigenvalue weighted by molar-refractivity contribution is 5.78. The molecule has 0 heterocycles. The highest BCUT2D eigenvalue weighted by atomic mass is 19.1. The molecule has 0 radical (unpaired) electrons. The van der Waals surface area contributed by atoms with Gasteiger partial charge < -0.3 is 5.32 Å². The second kappa shape index (κ2) is 7.71. The lowest BCUT2D eigenvalue weighted by Gasteiger charge is -2.19. The Bertz CT molecular complexity index is 598. The van der Waals surface area contributed by atoms with E-state index < -0.39 is 0 Å². The SMILES string of the molecule is CC(NC(=O)CN(C)Cc1ccc(F)cc1)c1ccccc1. The number of benzene rings is 2. The molecule has 2 rings (SSSR count). The molecule has 2 aromatic carbocycles. The minimum atomic E-state index is -0.249. The van der Waals surface area contributed by atoms with Crippen LogP contribution in [0.2, 0.25) is 0 Å². The molecule has 1 atom stereocenters. The van der Waals surface area contributed by atoms with Crippen molar-refractivity contribution in [3.8, 4) is 0 Å². The number of carbonyl (C=O) groups is 1. The molecule has 116 valence electrons. The second-order valence-corrected chi connectivity index (χ2v) is 5.50. The average Bonchev–Trinajstić information content (AvgIpc) is 2.50. The molecule has 0 fully saturated rings. The van der Waals surface area contributed by atoms with Gasteiger partial charge in [-0.05, 0) is 37.2 Å². The first kappa shape index (κ1) is 16.2. The fourth-order valence-electron chi connectivity index (χ4n) is 2.31. The van der Waals surface area contributed by atoms with Gasteiger partial charge in [-0.25, -0.2) is 4.39 Å². The van der Waals surface area contributed by atoms with Gasteiger partial charge >= 0.3 is 0 Å². The molecule has 0 aliphatic heterocycles. The molecule has 0 saturated carbocycles. The normalized spacial score (nSPS) is 12.2. The average molecular weight is 300 g/mol. The summed E-state index contributed by atoms with van der Waals surface area (Å²) in [5, 5.41) is 2.98. The number of nitrogens with zero attached hydrogens (tertiary/aromatic N) is 1. The Kier molecular flexibility index (Phi) is 5.67. The fourth-order valence-corrected chi connectivity index (χ4v) is 2.31. The first-order valence-electron chi connectivity index (χ1n) is 7.32. The molecule has 4 heteroatoms. The van der Waals surface area contributed by atoms with Gasteiger partial charge in [0, 0.05) is 6.54 Å². The van der Waals surface area contributed by atoms with E-state index in [9.17, 15) is 9.18 Å². The number of hydrogen-bond acceptors (Lipinski definition) is 2. The molecule has 1 amide bonds. The maximum absolute atomic E-state index is 12.9. The Hall–Kier alpha value is -2.20. The van der Waals surface area contributed by atoms with Crippen LogP contribution in [0, 0.1) is 5.82 Å². The highest BCUT2D eigenvalue weighted by Gasteiger charge is 2.11. The van der Waals surface area contributed by atoms with Gasteiger partial charge in [-0.2, -0.15) is 0 Å². The minimum Gasteiger partial charge on any atom is -0.348 e. The third kappa shape index (κ3) is 4.97. The lowest BCUT2D eigenvalue weighted by atomic mass is 10.1. The highest BCUT2D eigenvalue weighted by Crippen LogP contribution is 2.11. The van der Waals surface area contributed by atoms with Crippen LogP contribution in [-0.4, -0.2) is 24.4 Å². The van der Waals surface area contributed by atoms with E-state index in [4.69, 9.17) is 0 Å². The van der Waals surface area contributed by atoms with E-state index in [2.05, 4.69) is 5.32 Å². The van der Waals surface area contributed by atoms with Gasteiger partial charge in [0.25, 0.3) is 0 Å². The van der Waals surface area contributed by atoms with Crippen molar-refractivity contribution in [2.24, 2.45) is 0 Å². The molecule has 1 N–H and O–H groups in total. The molecule has 0 saturated heterocycles. The van der Waals surface area contributed by atoms with Gasteiger partial charge in [-0.15, -0.1) is 0 Å². The van der Waals surface area contributed by atoms with Crippen molar-refractivity contribution in [1.82, 2.24) is 10.2 Å². The predicted molar refractivity (Wildman–Crippen MR) is 85.7 cm³/mol. The van der Waals surface area contributed by atoms with Gasteiger partial charge in [0.2, 0.25) is 5.91 Å². The molecule has 0 bridgehead atoms. The third-order valence-electron chi connectivity index (χ3n) is 3.46. The van der Waals surface area contributed by atoms with Crippen LogP contribution in [0.1, 0.15) is 24.1 Å². The summed E-state index contributed by atoms with van der Waals surface area (Å²) in [7, 11) is 1.87. The molecule has 2 aromatic rings. The molecular weight excluding hydrogens is 279 g/mol. The Morgan fingerprint density at radius 2 is 1.77 bits per heavy atom. The lowest BCUT2D eigenvalue weighted by molar-refractivity contribution is -0.122. The lowest BCUT2D eigenvalue weighted by Crippen LogP contribution is -2.36. The van der Waals surface area contributed by atoms with Crippen molar-refractivity contribution >= 4 is 5.91 Å². The molecule has 0 aliphatic carbocycles. The Morgan fingerprint density at radius 1 is 1.14 bits per heavy atom. The number of nitrogens with one attached hydrogen (secondary N) is 1. The van der Waals surface area contributed by atoms with E-state index in [0.29, 0.717) is 13.1 Å². The van der Waals surface area contributed by atoms with E-state index in [0.717, 1.165) is 11.1 Å². The molecule has 0 spiro atoms. The van der Waals surface area contributed by atoms with Gasteiger partial charge in [0.15, 0.2) is 0 Å². The van der Waals surface area contributed by atoms with Crippen LogP contribution in [0.3, 0.4) is 0 Å². The van der Waals surface area contributed by atoms with Crippen LogP contribution in [0.5, 0.6) is 0 Å². The summed E-state index contributed by atoms with van der Waals surface area (Å²) in [6.45, 7) is 2.87. The Balaban J connectivity index is 1.82. The van der Waals surface area contributed by atoms with E-state index in [1.165, 1.54) is 12.1 Å². The zero-order valence-corrected chi connectivity index (χ0v) is 12.9. The summed E-state index contributed by atoms with van der Waals surface area (Å²) < 4.78 is 12.9. The van der Waals surface area contributed by atoms with Gasteiger partial charge in [-0.1, -0.05) is 42.5 Å². The van der Waals surface area contributed by atoms with Gasteiger partial charge in [0.1, 0.15) is 5.82 Å². The first-order valence-corrected chi connectivity index (χ1v) is 7.32. The molecule has 0 aromatic heterocycles. The van der Waals surface area contributed by atoms with Gasteiger partial charge in [-0.3, -0.25) is 9.69 Å². The number of likely N-dealkylation sites (N-methyl/N-ethyl adjacent to an activating group) is 1. The van der Waals surface area contributed by atoms with Crippen LogP contribution in [0.4, 0.5) is 4.39 Å². The standard InChI is InChI=1S/C18H21FN2O/c1-14(16-6-4-3-5-7-16)20-18(22)13-21(2)12-15-8-10-17(19)11-9-15/h3-11,14H,12-13H2,1-2H3,(H,20,22). The third-order valence-corrected chi connectivity index (χ3v) is 3.46. The topological polar surface area (TPSA) is 32.3 Å². The summed E-state index contributed by atoms with van der Waals surface area (Å²) >= 11 is 0. The van der Waals surface area contributed by atoms with E-state index >= 15 is 0 Å². The maximum atomic E-state index is 12.9. The number of halogens is 1. The van der Waals surface area contributed by atoms with E-state index in [1.807, 2.05) is 49.2 Å². The zero-order valence-electron chi connectivity index (χ0n) is 12.9. The van der Waals surface area contributed by atoms with Crippen molar-refractivity contribution in [3.05, 3.63) is 71.5 Å². The van der Waals surface area contributed by atoms with Crippen LogP contribution >= 0.6 is 0 Å². The molecule has 3 nitrogen and oxygen atoms in total. The Labute approximate surface area is 130 Å².